The number of sulfonamides is 1. The van der Waals surface area contributed by atoms with E-state index in [0.717, 1.165) is 0 Å². The molecule has 0 fully saturated rings. The van der Waals surface area contributed by atoms with Crippen LogP contribution < -0.4 is 4.72 Å². The monoisotopic (exact) mass is 284 g/mol. The standard InChI is InChI=1S/C11H12N2O3S2/c1-8-11(5-10(7-14)17-8)18(15,16)13-9-3-2-4-12-6-9/h2-6,13-14H,7H2,1H3. The highest BCUT2D eigenvalue weighted by Gasteiger charge is 2.19. The highest BCUT2D eigenvalue weighted by Crippen LogP contribution is 2.27. The average Bonchev–Trinajstić information content (AvgIpc) is 2.72. The summed E-state index contributed by atoms with van der Waals surface area (Å²) in [6.45, 7) is 1.55. The van der Waals surface area contributed by atoms with Gasteiger partial charge in [-0.2, -0.15) is 0 Å². The fourth-order valence-electron chi connectivity index (χ4n) is 1.50. The minimum absolute atomic E-state index is 0.159. The maximum atomic E-state index is 12.1. The number of rotatable bonds is 4. The normalized spacial score (nSPS) is 11.4. The second kappa shape index (κ2) is 5.05. The summed E-state index contributed by atoms with van der Waals surface area (Å²) in [4.78, 5) is 5.31. The van der Waals surface area contributed by atoms with E-state index in [1.54, 1.807) is 25.3 Å². The molecule has 2 aromatic heterocycles. The van der Waals surface area contributed by atoms with Gasteiger partial charge in [-0.3, -0.25) is 9.71 Å². The number of nitrogens with zero attached hydrogens (tertiary/aromatic N) is 1. The molecule has 7 heteroatoms. The molecule has 0 aliphatic rings. The Morgan fingerprint density at radius 1 is 1.50 bits per heavy atom. The van der Waals surface area contributed by atoms with E-state index in [1.807, 2.05) is 0 Å². The highest BCUT2D eigenvalue weighted by molar-refractivity contribution is 7.93. The molecule has 0 radical (unpaired) electrons. The molecule has 5 nitrogen and oxygen atoms in total. The van der Waals surface area contributed by atoms with Gasteiger partial charge in [-0.1, -0.05) is 0 Å². The molecule has 2 heterocycles. The maximum Gasteiger partial charge on any atom is 0.263 e. The largest absolute Gasteiger partial charge is 0.391 e. The van der Waals surface area contributed by atoms with Gasteiger partial charge in [0.1, 0.15) is 4.90 Å². The summed E-state index contributed by atoms with van der Waals surface area (Å²) in [6.07, 6.45) is 3.00. The van der Waals surface area contributed by atoms with E-state index in [0.29, 0.717) is 15.4 Å². The minimum atomic E-state index is -3.62. The van der Waals surface area contributed by atoms with Crippen LogP contribution in [0.1, 0.15) is 9.75 Å². The number of aliphatic hydroxyl groups is 1. The second-order valence-corrected chi connectivity index (χ2v) is 6.63. The van der Waals surface area contributed by atoms with Gasteiger partial charge < -0.3 is 5.11 Å². The lowest BCUT2D eigenvalue weighted by Gasteiger charge is -2.06. The third-order valence-corrected chi connectivity index (χ3v) is 4.95. The Kier molecular flexibility index (Phi) is 3.65. The predicted octanol–water partition coefficient (Wildman–Crippen LogP) is 1.74. The summed E-state index contributed by atoms with van der Waals surface area (Å²) < 4.78 is 26.7. The first-order chi connectivity index (χ1) is 8.53. The number of aromatic nitrogens is 1. The Bertz CT molecular complexity index is 636. The number of aryl methyl sites for hydroxylation is 1. The van der Waals surface area contributed by atoms with Crippen LogP contribution in [0.3, 0.4) is 0 Å². The SMILES string of the molecule is Cc1sc(CO)cc1S(=O)(=O)Nc1cccnc1. The second-order valence-electron chi connectivity index (χ2n) is 3.64. The summed E-state index contributed by atoms with van der Waals surface area (Å²) in [7, 11) is -3.62. The van der Waals surface area contributed by atoms with E-state index in [1.165, 1.54) is 23.6 Å². The third kappa shape index (κ3) is 2.69. The number of anilines is 1. The molecule has 0 atom stereocenters. The average molecular weight is 284 g/mol. The molecule has 18 heavy (non-hydrogen) atoms. The predicted molar refractivity (Wildman–Crippen MR) is 70.0 cm³/mol. The van der Waals surface area contributed by atoms with Gasteiger partial charge in [0.15, 0.2) is 0 Å². The zero-order chi connectivity index (χ0) is 13.2. The van der Waals surface area contributed by atoms with Crippen LogP contribution in [0, 0.1) is 6.92 Å². The Balaban J connectivity index is 2.34. The van der Waals surface area contributed by atoms with Gasteiger partial charge in [0, 0.05) is 16.0 Å². The summed E-state index contributed by atoms with van der Waals surface area (Å²) in [6, 6.07) is 4.76. The first-order valence-electron chi connectivity index (χ1n) is 5.16. The van der Waals surface area contributed by atoms with Crippen LogP contribution in [-0.2, 0) is 16.6 Å². The van der Waals surface area contributed by atoms with Crippen molar-refractivity contribution in [1.29, 1.82) is 0 Å². The first-order valence-corrected chi connectivity index (χ1v) is 7.46. The maximum absolute atomic E-state index is 12.1. The molecule has 0 bridgehead atoms. The number of thiophene rings is 1. The lowest BCUT2D eigenvalue weighted by atomic mass is 10.4. The van der Waals surface area contributed by atoms with Crippen LogP contribution >= 0.6 is 11.3 Å². The van der Waals surface area contributed by atoms with Crippen molar-refractivity contribution in [2.75, 3.05) is 4.72 Å². The van der Waals surface area contributed by atoms with E-state index in [9.17, 15) is 8.42 Å². The van der Waals surface area contributed by atoms with Crippen molar-refractivity contribution in [1.82, 2.24) is 4.98 Å². The summed E-state index contributed by atoms with van der Waals surface area (Å²) in [5.74, 6) is 0. The van der Waals surface area contributed by atoms with E-state index in [4.69, 9.17) is 5.11 Å². The molecule has 0 amide bonds. The molecule has 96 valence electrons. The van der Waals surface area contributed by atoms with Gasteiger partial charge in [-0.25, -0.2) is 8.42 Å². The molecule has 0 unspecified atom stereocenters. The number of aliphatic hydroxyl groups excluding tert-OH is 1. The van der Waals surface area contributed by atoms with Gasteiger partial charge in [0.05, 0.1) is 18.5 Å². The van der Waals surface area contributed by atoms with Crippen LogP contribution in [0.5, 0.6) is 0 Å². The quantitative estimate of drug-likeness (QED) is 0.896. The fraction of sp³-hybridized carbons (Fsp3) is 0.182. The number of nitrogens with one attached hydrogen (secondary N) is 1. The first kappa shape index (κ1) is 13.0. The van der Waals surface area contributed by atoms with Gasteiger partial charge in [-0.05, 0) is 25.1 Å². The van der Waals surface area contributed by atoms with Crippen molar-refractivity contribution in [2.24, 2.45) is 0 Å². The molecule has 2 N–H and O–H groups in total. The molecule has 0 saturated carbocycles. The van der Waals surface area contributed by atoms with Crippen LogP contribution in [0.4, 0.5) is 5.69 Å². The zero-order valence-electron chi connectivity index (χ0n) is 9.62. The molecule has 0 aliphatic carbocycles. The Hall–Kier alpha value is -1.44. The van der Waals surface area contributed by atoms with Gasteiger partial charge in [-0.15, -0.1) is 11.3 Å². The van der Waals surface area contributed by atoms with Crippen molar-refractivity contribution in [3.8, 4) is 0 Å². The Morgan fingerprint density at radius 2 is 2.28 bits per heavy atom. The van der Waals surface area contributed by atoms with E-state index in [2.05, 4.69) is 9.71 Å². The number of pyridine rings is 1. The summed E-state index contributed by atoms with van der Waals surface area (Å²) in [5, 5.41) is 9.02. The third-order valence-electron chi connectivity index (χ3n) is 2.28. The van der Waals surface area contributed by atoms with Crippen molar-refractivity contribution in [3.05, 3.63) is 40.3 Å². The van der Waals surface area contributed by atoms with Gasteiger partial charge >= 0.3 is 0 Å². The van der Waals surface area contributed by atoms with Crippen LogP contribution in [0.2, 0.25) is 0 Å². The lowest BCUT2D eigenvalue weighted by molar-refractivity contribution is 0.285. The zero-order valence-corrected chi connectivity index (χ0v) is 11.3. The smallest absolute Gasteiger partial charge is 0.263 e. The van der Waals surface area contributed by atoms with Crippen LogP contribution in [-0.4, -0.2) is 18.5 Å². The van der Waals surface area contributed by atoms with Crippen molar-refractivity contribution in [3.63, 3.8) is 0 Å². The molecule has 0 spiro atoms. The lowest BCUT2D eigenvalue weighted by Crippen LogP contribution is -2.13. The summed E-state index contributed by atoms with van der Waals surface area (Å²) >= 11 is 1.27. The topological polar surface area (TPSA) is 79.3 Å². The Labute approximate surface area is 109 Å². The van der Waals surface area contributed by atoms with Crippen LogP contribution in [0.15, 0.2) is 35.5 Å². The molecule has 0 saturated heterocycles. The van der Waals surface area contributed by atoms with Gasteiger partial charge in [0.25, 0.3) is 10.0 Å². The van der Waals surface area contributed by atoms with Crippen molar-refractivity contribution in [2.45, 2.75) is 18.4 Å². The number of hydrogen-bond acceptors (Lipinski definition) is 5. The highest BCUT2D eigenvalue weighted by atomic mass is 32.2. The van der Waals surface area contributed by atoms with Crippen LogP contribution in [0.25, 0.3) is 0 Å². The van der Waals surface area contributed by atoms with E-state index < -0.39 is 10.0 Å². The molecule has 0 aromatic carbocycles. The van der Waals surface area contributed by atoms with Crippen molar-refractivity contribution < 1.29 is 13.5 Å². The van der Waals surface area contributed by atoms with E-state index >= 15 is 0 Å². The van der Waals surface area contributed by atoms with Gasteiger partial charge in [0.2, 0.25) is 0 Å². The van der Waals surface area contributed by atoms with Crippen molar-refractivity contribution >= 4 is 27.0 Å². The minimum Gasteiger partial charge on any atom is -0.391 e. The molecule has 0 aliphatic heterocycles. The molecular formula is C11H12N2O3S2. The number of hydrogen-bond donors (Lipinski definition) is 2. The molecule has 2 aromatic rings. The Morgan fingerprint density at radius 3 is 2.83 bits per heavy atom. The van der Waals surface area contributed by atoms with E-state index in [-0.39, 0.29) is 11.5 Å². The molecular weight excluding hydrogens is 272 g/mol. The fourth-order valence-corrected chi connectivity index (χ4v) is 4.04. The summed E-state index contributed by atoms with van der Waals surface area (Å²) in [5.41, 5.74) is 0.411. The molecule has 2 rings (SSSR count).